The van der Waals surface area contributed by atoms with Crippen molar-refractivity contribution in [3.63, 3.8) is 0 Å². The summed E-state index contributed by atoms with van der Waals surface area (Å²) in [6, 6.07) is 0. The van der Waals surface area contributed by atoms with Crippen molar-refractivity contribution in [2.24, 2.45) is 14.1 Å². The maximum absolute atomic E-state index is 12.8. The van der Waals surface area contributed by atoms with Crippen LogP contribution in [0.2, 0.25) is 0 Å². The van der Waals surface area contributed by atoms with Gasteiger partial charge in [0.1, 0.15) is 5.65 Å². The maximum Gasteiger partial charge on any atom is 0.332 e. The van der Waals surface area contributed by atoms with Crippen LogP contribution in [0.4, 0.5) is 0 Å². The highest BCUT2D eigenvalue weighted by molar-refractivity contribution is 8.00. The first-order chi connectivity index (χ1) is 13.4. The molecule has 2 aromatic heterocycles. The van der Waals surface area contributed by atoms with Crippen LogP contribution in [-0.2, 0) is 30.0 Å². The number of pyridine rings is 1. The Morgan fingerprint density at radius 2 is 2.14 bits per heavy atom. The van der Waals surface area contributed by atoms with Gasteiger partial charge in [-0.15, -0.1) is 11.8 Å². The molecule has 152 valence electrons. The molecule has 3 heterocycles. The molecule has 1 aliphatic rings. The Balaban J connectivity index is 1.89. The summed E-state index contributed by atoms with van der Waals surface area (Å²) in [5, 5.41) is 3.30. The van der Waals surface area contributed by atoms with Crippen molar-refractivity contribution in [2.75, 3.05) is 18.9 Å². The normalized spacial score (nSPS) is 16.6. The van der Waals surface area contributed by atoms with E-state index in [0.29, 0.717) is 17.6 Å². The summed E-state index contributed by atoms with van der Waals surface area (Å²) in [6.07, 6.45) is 5.42. The molecule has 0 aromatic carbocycles. The molecule has 1 unspecified atom stereocenters. The second-order valence-electron chi connectivity index (χ2n) is 6.99. The zero-order chi connectivity index (χ0) is 20.3. The molecule has 0 bridgehead atoms. The number of hydrogen-bond donors (Lipinski definition) is 1. The van der Waals surface area contributed by atoms with Crippen LogP contribution in [0.25, 0.3) is 11.0 Å². The van der Waals surface area contributed by atoms with E-state index in [4.69, 9.17) is 4.74 Å². The highest BCUT2D eigenvalue weighted by atomic mass is 32.2. The van der Waals surface area contributed by atoms with Crippen LogP contribution in [-0.4, -0.2) is 45.0 Å². The third-order valence-corrected chi connectivity index (χ3v) is 6.07. The molecule has 1 atom stereocenters. The highest BCUT2D eigenvalue weighted by Gasteiger charge is 2.19. The maximum atomic E-state index is 12.8. The first kappa shape index (κ1) is 20.6. The zero-order valence-corrected chi connectivity index (χ0v) is 17.3. The number of carbonyl (C=O) groups excluding carboxylic acids is 1. The van der Waals surface area contributed by atoms with Gasteiger partial charge >= 0.3 is 5.69 Å². The van der Waals surface area contributed by atoms with E-state index in [1.54, 1.807) is 13.2 Å². The third kappa shape index (κ3) is 4.15. The molecular formula is C19H26N4O4S. The number of ether oxygens (including phenoxy) is 1. The van der Waals surface area contributed by atoms with Gasteiger partial charge < -0.3 is 10.1 Å². The van der Waals surface area contributed by atoms with Crippen LogP contribution in [0.5, 0.6) is 0 Å². The number of rotatable bonds is 7. The van der Waals surface area contributed by atoms with Crippen molar-refractivity contribution in [3.8, 4) is 0 Å². The minimum Gasteiger partial charge on any atom is -0.376 e. The van der Waals surface area contributed by atoms with Gasteiger partial charge in [-0.05, 0) is 24.8 Å². The summed E-state index contributed by atoms with van der Waals surface area (Å²) in [6.45, 7) is 3.31. The van der Waals surface area contributed by atoms with E-state index in [-0.39, 0.29) is 23.3 Å². The fraction of sp³-hybridized carbons (Fsp3) is 0.579. The minimum absolute atomic E-state index is 0.0909. The lowest BCUT2D eigenvalue weighted by Crippen LogP contribution is -2.37. The van der Waals surface area contributed by atoms with E-state index in [9.17, 15) is 14.4 Å². The summed E-state index contributed by atoms with van der Waals surface area (Å²) >= 11 is 1.32. The third-order valence-electron chi connectivity index (χ3n) is 4.91. The van der Waals surface area contributed by atoms with Crippen LogP contribution in [0.15, 0.2) is 20.7 Å². The Kier molecular flexibility index (Phi) is 6.56. The number of fused-ring (bicyclic) bond motifs is 1. The predicted octanol–water partition coefficient (Wildman–Crippen LogP) is 0.972. The standard InChI is InChI=1S/C19H26N4O4S/c1-4-6-12-9-21-17-15(18(25)23(3)19(26)22(17)2)16(12)28-11-14(24)20-10-13-7-5-8-27-13/h9,13H,4-8,10-11H2,1-3H3,(H,20,24). The van der Waals surface area contributed by atoms with E-state index in [2.05, 4.69) is 10.3 Å². The van der Waals surface area contributed by atoms with Gasteiger partial charge in [0.15, 0.2) is 0 Å². The average molecular weight is 407 g/mol. The fourth-order valence-electron chi connectivity index (χ4n) is 3.38. The molecule has 0 radical (unpaired) electrons. The van der Waals surface area contributed by atoms with Crippen LogP contribution in [0.3, 0.4) is 0 Å². The average Bonchev–Trinajstić information content (AvgIpc) is 3.21. The van der Waals surface area contributed by atoms with Gasteiger partial charge in [0.25, 0.3) is 5.56 Å². The van der Waals surface area contributed by atoms with E-state index >= 15 is 0 Å². The number of aromatic nitrogens is 3. The monoisotopic (exact) mass is 406 g/mol. The van der Waals surface area contributed by atoms with E-state index in [1.165, 1.54) is 23.4 Å². The number of carbonyl (C=O) groups is 1. The van der Waals surface area contributed by atoms with Crippen LogP contribution < -0.4 is 16.6 Å². The van der Waals surface area contributed by atoms with E-state index in [0.717, 1.165) is 47.3 Å². The molecule has 0 aliphatic carbocycles. The lowest BCUT2D eigenvalue weighted by Gasteiger charge is -2.14. The number of hydrogen-bond acceptors (Lipinski definition) is 6. The van der Waals surface area contributed by atoms with Gasteiger partial charge in [-0.25, -0.2) is 9.78 Å². The number of nitrogens with zero attached hydrogens (tertiary/aromatic N) is 3. The number of nitrogens with one attached hydrogen (secondary N) is 1. The number of thioether (sulfide) groups is 1. The lowest BCUT2D eigenvalue weighted by atomic mass is 10.1. The van der Waals surface area contributed by atoms with Gasteiger partial charge in [-0.3, -0.25) is 18.7 Å². The summed E-state index contributed by atoms with van der Waals surface area (Å²) in [4.78, 5) is 42.4. The minimum atomic E-state index is -0.418. The fourth-order valence-corrected chi connectivity index (χ4v) is 4.42. The Morgan fingerprint density at radius 3 is 2.82 bits per heavy atom. The zero-order valence-electron chi connectivity index (χ0n) is 16.5. The van der Waals surface area contributed by atoms with Gasteiger partial charge in [-0.1, -0.05) is 13.3 Å². The van der Waals surface area contributed by atoms with Gasteiger partial charge in [0.2, 0.25) is 5.91 Å². The Bertz CT molecular complexity index is 992. The second-order valence-corrected chi connectivity index (χ2v) is 7.98. The van der Waals surface area contributed by atoms with Crippen LogP contribution >= 0.6 is 11.8 Å². The largest absolute Gasteiger partial charge is 0.376 e. The molecule has 2 aromatic rings. The lowest BCUT2D eigenvalue weighted by molar-refractivity contribution is -0.119. The second kappa shape index (κ2) is 8.91. The molecule has 1 amide bonds. The van der Waals surface area contributed by atoms with Crippen molar-refractivity contribution in [3.05, 3.63) is 32.6 Å². The van der Waals surface area contributed by atoms with E-state index in [1.807, 2.05) is 6.92 Å². The smallest absolute Gasteiger partial charge is 0.332 e. The predicted molar refractivity (Wildman–Crippen MR) is 109 cm³/mol. The first-order valence-corrected chi connectivity index (χ1v) is 10.5. The van der Waals surface area contributed by atoms with Crippen molar-refractivity contribution in [1.29, 1.82) is 0 Å². The Hall–Kier alpha value is -2.13. The van der Waals surface area contributed by atoms with Crippen molar-refractivity contribution >= 4 is 28.7 Å². The topological polar surface area (TPSA) is 95.2 Å². The quantitative estimate of drug-likeness (QED) is 0.689. The molecular weight excluding hydrogens is 380 g/mol. The Labute approximate surface area is 167 Å². The summed E-state index contributed by atoms with van der Waals surface area (Å²) in [7, 11) is 3.05. The van der Waals surface area contributed by atoms with Crippen LogP contribution in [0.1, 0.15) is 31.7 Å². The molecule has 0 saturated carbocycles. The molecule has 1 aliphatic heterocycles. The van der Waals surface area contributed by atoms with Gasteiger partial charge in [0, 0.05) is 38.3 Å². The molecule has 3 rings (SSSR count). The van der Waals surface area contributed by atoms with Crippen LogP contribution in [0, 0.1) is 0 Å². The molecule has 1 fully saturated rings. The summed E-state index contributed by atoms with van der Waals surface area (Å²) in [5.74, 6) is 0.0868. The summed E-state index contributed by atoms with van der Waals surface area (Å²) < 4.78 is 7.98. The SMILES string of the molecule is CCCc1cnc2c(c1SCC(=O)NCC1CCCO1)c(=O)n(C)c(=O)n2C. The molecule has 9 heteroatoms. The summed E-state index contributed by atoms with van der Waals surface area (Å²) in [5.41, 5.74) is 0.460. The van der Waals surface area contributed by atoms with Crippen molar-refractivity contribution in [2.45, 2.75) is 43.6 Å². The number of amides is 1. The molecule has 1 N–H and O–H groups in total. The number of aryl methyl sites for hydroxylation is 2. The molecule has 0 spiro atoms. The Morgan fingerprint density at radius 1 is 1.36 bits per heavy atom. The van der Waals surface area contributed by atoms with E-state index < -0.39 is 5.69 Å². The first-order valence-electron chi connectivity index (χ1n) is 9.52. The van der Waals surface area contributed by atoms with Gasteiger partial charge in [-0.2, -0.15) is 0 Å². The molecule has 1 saturated heterocycles. The van der Waals surface area contributed by atoms with Gasteiger partial charge in [0.05, 0.1) is 17.2 Å². The molecule has 28 heavy (non-hydrogen) atoms. The molecule has 8 nitrogen and oxygen atoms in total. The van der Waals surface area contributed by atoms with Crippen molar-refractivity contribution < 1.29 is 9.53 Å². The highest BCUT2D eigenvalue weighted by Crippen LogP contribution is 2.28. The van der Waals surface area contributed by atoms with Crippen molar-refractivity contribution in [1.82, 2.24) is 19.4 Å².